The average molecular weight is 269 g/mol. The number of hydrogen-bond donors (Lipinski definition) is 0. The Labute approximate surface area is 117 Å². The average Bonchev–Trinajstić information content (AvgIpc) is 2.82. The Hall–Kier alpha value is -1.74. The van der Waals surface area contributed by atoms with E-state index >= 15 is 0 Å². The molecule has 2 nitrogen and oxygen atoms in total. The maximum absolute atomic E-state index is 5.59. The van der Waals surface area contributed by atoms with Gasteiger partial charge in [-0.1, -0.05) is 72.4 Å². The van der Waals surface area contributed by atoms with Crippen LogP contribution < -0.4 is 0 Å². The molecule has 0 radical (unpaired) electrons. The molecule has 1 heterocycles. The predicted molar refractivity (Wildman–Crippen MR) is 79.3 cm³/mol. The first kappa shape index (κ1) is 12.3. The highest BCUT2D eigenvalue weighted by Crippen LogP contribution is 2.34. The third kappa shape index (κ3) is 2.66. The third-order valence-corrected chi connectivity index (χ3v) is 4.43. The SMILES string of the molecule is C[C@@H]1C(c2ccccc2)=NO[C@@H]1Sc1ccccc1. The molecule has 0 aliphatic carbocycles. The van der Waals surface area contributed by atoms with Crippen molar-refractivity contribution >= 4 is 17.5 Å². The number of rotatable bonds is 3. The number of thioether (sulfide) groups is 1. The summed E-state index contributed by atoms with van der Waals surface area (Å²) < 4.78 is 0. The Bertz CT molecular complexity index is 568. The second-order valence-electron chi connectivity index (χ2n) is 4.54. The van der Waals surface area contributed by atoms with Gasteiger partial charge in [0.1, 0.15) is 0 Å². The van der Waals surface area contributed by atoms with Crippen LogP contribution >= 0.6 is 11.8 Å². The van der Waals surface area contributed by atoms with Gasteiger partial charge in [0, 0.05) is 4.90 Å². The fourth-order valence-corrected chi connectivity index (χ4v) is 3.09. The van der Waals surface area contributed by atoms with Crippen molar-refractivity contribution in [1.82, 2.24) is 0 Å². The van der Waals surface area contributed by atoms with Gasteiger partial charge in [-0.2, -0.15) is 0 Å². The number of nitrogens with zero attached hydrogens (tertiary/aromatic N) is 1. The van der Waals surface area contributed by atoms with Crippen LogP contribution in [0.25, 0.3) is 0 Å². The monoisotopic (exact) mass is 269 g/mol. The van der Waals surface area contributed by atoms with Gasteiger partial charge in [-0.25, -0.2) is 0 Å². The van der Waals surface area contributed by atoms with Crippen LogP contribution in [-0.4, -0.2) is 11.1 Å². The molecule has 1 aliphatic rings. The van der Waals surface area contributed by atoms with E-state index in [4.69, 9.17) is 4.84 Å². The second-order valence-corrected chi connectivity index (χ2v) is 5.71. The summed E-state index contributed by atoms with van der Waals surface area (Å²) in [4.78, 5) is 6.80. The minimum absolute atomic E-state index is 0.0533. The van der Waals surface area contributed by atoms with Gasteiger partial charge in [-0.3, -0.25) is 0 Å². The number of hydrogen-bond acceptors (Lipinski definition) is 3. The quantitative estimate of drug-likeness (QED) is 0.834. The molecule has 2 aromatic rings. The van der Waals surface area contributed by atoms with Crippen LogP contribution in [0.2, 0.25) is 0 Å². The molecule has 2 atom stereocenters. The number of benzene rings is 2. The van der Waals surface area contributed by atoms with Crippen molar-refractivity contribution < 1.29 is 4.84 Å². The summed E-state index contributed by atoms with van der Waals surface area (Å²) in [6.45, 7) is 2.17. The van der Waals surface area contributed by atoms with Crippen molar-refractivity contribution in [2.45, 2.75) is 17.3 Å². The first-order valence-corrected chi connectivity index (χ1v) is 7.23. The molecule has 2 aromatic carbocycles. The van der Waals surface area contributed by atoms with Gasteiger partial charge in [0.15, 0.2) is 5.44 Å². The second kappa shape index (κ2) is 5.49. The van der Waals surface area contributed by atoms with Crippen molar-refractivity contribution in [2.75, 3.05) is 0 Å². The zero-order valence-electron chi connectivity index (χ0n) is 10.7. The van der Waals surface area contributed by atoms with E-state index in [0.29, 0.717) is 0 Å². The summed E-state index contributed by atoms with van der Waals surface area (Å²) >= 11 is 1.72. The molecule has 0 spiro atoms. The van der Waals surface area contributed by atoms with Gasteiger partial charge in [0.05, 0.1) is 11.6 Å². The zero-order valence-corrected chi connectivity index (χ0v) is 11.5. The molecule has 0 bridgehead atoms. The Kier molecular flexibility index (Phi) is 3.56. The summed E-state index contributed by atoms with van der Waals surface area (Å²) in [5.74, 6) is 0.285. The van der Waals surface area contributed by atoms with Gasteiger partial charge < -0.3 is 4.84 Å². The van der Waals surface area contributed by atoms with E-state index < -0.39 is 0 Å². The van der Waals surface area contributed by atoms with Crippen LogP contribution in [0.3, 0.4) is 0 Å². The van der Waals surface area contributed by atoms with Crippen molar-refractivity contribution in [3.63, 3.8) is 0 Å². The normalized spacial score (nSPS) is 21.8. The van der Waals surface area contributed by atoms with Crippen LogP contribution in [0.4, 0.5) is 0 Å². The summed E-state index contributed by atoms with van der Waals surface area (Å²) in [6, 6.07) is 20.5. The van der Waals surface area contributed by atoms with E-state index in [1.165, 1.54) is 4.90 Å². The molecular weight excluding hydrogens is 254 g/mol. The lowest BCUT2D eigenvalue weighted by molar-refractivity contribution is 0.131. The van der Waals surface area contributed by atoms with Gasteiger partial charge >= 0.3 is 0 Å². The Morgan fingerprint density at radius 1 is 0.947 bits per heavy atom. The van der Waals surface area contributed by atoms with E-state index in [-0.39, 0.29) is 11.4 Å². The van der Waals surface area contributed by atoms with Crippen LogP contribution in [0.1, 0.15) is 12.5 Å². The van der Waals surface area contributed by atoms with Crippen LogP contribution in [-0.2, 0) is 4.84 Å². The largest absolute Gasteiger partial charge is 0.380 e. The molecule has 0 saturated carbocycles. The Morgan fingerprint density at radius 2 is 1.58 bits per heavy atom. The third-order valence-electron chi connectivity index (χ3n) is 3.16. The molecule has 0 saturated heterocycles. The maximum Gasteiger partial charge on any atom is 0.185 e. The van der Waals surface area contributed by atoms with Crippen molar-refractivity contribution in [3.8, 4) is 0 Å². The van der Waals surface area contributed by atoms with Crippen LogP contribution in [0.5, 0.6) is 0 Å². The predicted octanol–water partition coefficient (Wildman–Crippen LogP) is 4.18. The van der Waals surface area contributed by atoms with Gasteiger partial charge in [0.25, 0.3) is 0 Å². The lowest BCUT2D eigenvalue weighted by Crippen LogP contribution is -2.17. The van der Waals surface area contributed by atoms with Gasteiger partial charge in [-0.05, 0) is 17.7 Å². The molecule has 19 heavy (non-hydrogen) atoms. The first-order chi connectivity index (χ1) is 9.34. The smallest absolute Gasteiger partial charge is 0.185 e. The molecular formula is C16H15NOS. The molecule has 0 N–H and O–H groups in total. The standard InChI is InChI=1S/C16H15NOS/c1-12-15(13-8-4-2-5-9-13)17-18-16(12)19-14-10-6-3-7-11-14/h2-12,16H,1H3/t12-,16-/m1/s1. The maximum atomic E-state index is 5.59. The van der Waals surface area contributed by atoms with E-state index in [2.05, 4.69) is 36.3 Å². The van der Waals surface area contributed by atoms with Gasteiger partial charge in [0.2, 0.25) is 0 Å². The van der Waals surface area contributed by atoms with E-state index in [1.54, 1.807) is 11.8 Å². The van der Waals surface area contributed by atoms with Crippen LogP contribution in [0, 0.1) is 5.92 Å². The summed E-state index contributed by atoms with van der Waals surface area (Å²) in [5.41, 5.74) is 2.23. The highest BCUT2D eigenvalue weighted by molar-refractivity contribution is 7.99. The van der Waals surface area contributed by atoms with Crippen LogP contribution in [0.15, 0.2) is 70.7 Å². The summed E-state index contributed by atoms with van der Waals surface area (Å²) in [6.07, 6.45) is 0. The molecule has 0 aromatic heterocycles. The van der Waals surface area contributed by atoms with Crippen molar-refractivity contribution in [2.24, 2.45) is 11.1 Å². The molecule has 0 unspecified atom stereocenters. The fourth-order valence-electron chi connectivity index (χ4n) is 2.09. The molecule has 96 valence electrons. The Balaban J connectivity index is 1.73. The van der Waals surface area contributed by atoms with E-state index in [0.717, 1.165) is 11.3 Å². The minimum atomic E-state index is 0.0533. The van der Waals surface area contributed by atoms with E-state index in [1.807, 2.05) is 36.4 Å². The van der Waals surface area contributed by atoms with Crippen molar-refractivity contribution in [3.05, 3.63) is 66.2 Å². The zero-order chi connectivity index (χ0) is 13.1. The molecule has 3 rings (SSSR count). The molecule has 1 aliphatic heterocycles. The lowest BCUT2D eigenvalue weighted by Gasteiger charge is -2.14. The van der Waals surface area contributed by atoms with Crippen molar-refractivity contribution in [1.29, 1.82) is 0 Å². The topological polar surface area (TPSA) is 21.6 Å². The van der Waals surface area contributed by atoms with E-state index in [9.17, 15) is 0 Å². The van der Waals surface area contributed by atoms with Gasteiger partial charge in [-0.15, -0.1) is 0 Å². The number of oxime groups is 1. The lowest BCUT2D eigenvalue weighted by atomic mass is 10.00. The Morgan fingerprint density at radius 3 is 2.26 bits per heavy atom. The summed E-state index contributed by atoms with van der Waals surface area (Å²) in [7, 11) is 0. The first-order valence-electron chi connectivity index (χ1n) is 6.35. The summed E-state index contributed by atoms with van der Waals surface area (Å²) in [5, 5.41) is 4.26. The molecule has 3 heteroatoms. The fraction of sp³-hybridized carbons (Fsp3) is 0.188. The molecule has 0 fully saturated rings. The highest BCUT2D eigenvalue weighted by atomic mass is 32.2. The molecule has 0 amide bonds. The minimum Gasteiger partial charge on any atom is -0.380 e. The highest BCUT2D eigenvalue weighted by Gasteiger charge is 2.31.